The monoisotopic (exact) mass is 284 g/mol. The van der Waals surface area contributed by atoms with Crippen LogP contribution in [0.1, 0.15) is 11.5 Å². The van der Waals surface area contributed by atoms with Crippen LogP contribution in [-0.4, -0.2) is 13.3 Å². The fraction of sp³-hybridized carbons (Fsp3) is 0.176. The molecular weight excluding hydrogens is 267 g/mol. The summed E-state index contributed by atoms with van der Waals surface area (Å²) < 4.78 is 18.2. The first-order chi connectivity index (χ1) is 9.71. The maximum Gasteiger partial charge on any atom is 0.137 e. The smallest absolute Gasteiger partial charge is 0.137 e. The summed E-state index contributed by atoms with van der Waals surface area (Å²) in [7, 11) is -0.714. The van der Waals surface area contributed by atoms with E-state index < -0.39 is 7.14 Å². The lowest BCUT2D eigenvalue weighted by molar-refractivity contribution is 0.414. The van der Waals surface area contributed by atoms with E-state index in [0.717, 1.165) is 11.1 Å². The fourth-order valence-electron chi connectivity index (χ4n) is 2.60. The number of hydrogen-bond acceptors (Lipinski definition) is 2. The average molecular weight is 284 g/mol. The van der Waals surface area contributed by atoms with E-state index in [2.05, 4.69) is 18.2 Å². The molecular formula is C17H17O2P. The standard InChI is InChI=1S/C17H17O2P/c1-19-16-9-7-14(8-10-16)15-11-12-20(18,13-15)17-5-3-2-4-6-17/h2-12,15H,13H2,1H3. The highest BCUT2D eigenvalue weighted by molar-refractivity contribution is 7.74. The maximum absolute atomic E-state index is 13.0. The highest BCUT2D eigenvalue weighted by Gasteiger charge is 2.31. The molecule has 0 saturated heterocycles. The molecule has 1 aliphatic rings. The van der Waals surface area contributed by atoms with Gasteiger partial charge in [0.05, 0.1) is 7.11 Å². The van der Waals surface area contributed by atoms with Crippen molar-refractivity contribution in [2.75, 3.05) is 13.3 Å². The summed E-state index contributed by atoms with van der Waals surface area (Å²) >= 11 is 0. The quantitative estimate of drug-likeness (QED) is 0.796. The van der Waals surface area contributed by atoms with Gasteiger partial charge in [0, 0.05) is 17.4 Å². The summed E-state index contributed by atoms with van der Waals surface area (Å²) in [5.41, 5.74) is 1.19. The SMILES string of the molecule is COc1ccc(C2C=CP(=O)(c3ccccc3)C2)cc1. The Morgan fingerprint density at radius 2 is 1.75 bits per heavy atom. The van der Waals surface area contributed by atoms with Crippen LogP contribution in [-0.2, 0) is 4.57 Å². The maximum atomic E-state index is 13.0. The third-order valence-electron chi connectivity index (χ3n) is 3.76. The second-order valence-corrected chi connectivity index (χ2v) is 7.81. The number of rotatable bonds is 3. The van der Waals surface area contributed by atoms with Crippen molar-refractivity contribution in [2.24, 2.45) is 0 Å². The van der Waals surface area contributed by atoms with Gasteiger partial charge in [-0.3, -0.25) is 0 Å². The Balaban J connectivity index is 1.83. The van der Waals surface area contributed by atoms with Crippen LogP contribution in [0, 0.1) is 0 Å². The van der Waals surface area contributed by atoms with Crippen LogP contribution in [0.2, 0.25) is 0 Å². The van der Waals surface area contributed by atoms with E-state index in [9.17, 15) is 4.57 Å². The first-order valence-corrected chi connectivity index (χ1v) is 8.65. The van der Waals surface area contributed by atoms with Crippen molar-refractivity contribution in [3.8, 4) is 5.75 Å². The average Bonchev–Trinajstić information content (AvgIpc) is 2.92. The summed E-state index contributed by atoms with van der Waals surface area (Å²) in [5, 5.41) is 0.951. The van der Waals surface area contributed by atoms with Gasteiger partial charge in [-0.25, -0.2) is 0 Å². The molecule has 2 aromatic carbocycles. The molecule has 1 aliphatic heterocycles. The lowest BCUT2D eigenvalue weighted by Crippen LogP contribution is -2.06. The molecule has 0 N–H and O–H groups in total. The number of hydrogen-bond donors (Lipinski definition) is 0. The van der Waals surface area contributed by atoms with E-state index in [1.807, 2.05) is 48.3 Å². The Bertz CT molecular complexity index is 659. The molecule has 0 spiro atoms. The van der Waals surface area contributed by atoms with Crippen LogP contribution in [0.15, 0.2) is 66.5 Å². The Morgan fingerprint density at radius 3 is 2.40 bits per heavy atom. The van der Waals surface area contributed by atoms with E-state index in [4.69, 9.17) is 4.74 Å². The summed E-state index contributed by atoms with van der Waals surface area (Å²) in [6.45, 7) is 0. The predicted octanol–water partition coefficient (Wildman–Crippen LogP) is 3.99. The summed E-state index contributed by atoms with van der Waals surface area (Å²) in [6.07, 6.45) is 2.76. The van der Waals surface area contributed by atoms with Gasteiger partial charge >= 0.3 is 0 Å². The molecule has 20 heavy (non-hydrogen) atoms. The van der Waals surface area contributed by atoms with Crippen LogP contribution in [0.3, 0.4) is 0 Å². The fourth-order valence-corrected chi connectivity index (χ4v) is 5.18. The Hall–Kier alpha value is -1.79. The van der Waals surface area contributed by atoms with Crippen molar-refractivity contribution < 1.29 is 9.30 Å². The molecule has 2 atom stereocenters. The van der Waals surface area contributed by atoms with Crippen LogP contribution >= 0.6 is 7.14 Å². The molecule has 0 fully saturated rings. The highest BCUT2D eigenvalue weighted by Crippen LogP contribution is 2.54. The summed E-state index contributed by atoms with van der Waals surface area (Å²) in [6, 6.07) is 17.8. The van der Waals surface area contributed by atoms with Crippen molar-refractivity contribution in [3.05, 3.63) is 72.1 Å². The van der Waals surface area contributed by atoms with Crippen molar-refractivity contribution in [1.29, 1.82) is 0 Å². The van der Waals surface area contributed by atoms with Crippen LogP contribution in [0.4, 0.5) is 0 Å². The van der Waals surface area contributed by atoms with Crippen LogP contribution < -0.4 is 10.0 Å². The molecule has 2 aromatic rings. The van der Waals surface area contributed by atoms with Gasteiger partial charge in [-0.1, -0.05) is 48.5 Å². The zero-order chi connectivity index (χ0) is 14.0. The van der Waals surface area contributed by atoms with Gasteiger partial charge in [-0.2, -0.15) is 0 Å². The number of methoxy groups -OCH3 is 1. The van der Waals surface area contributed by atoms with Crippen molar-refractivity contribution >= 4 is 12.4 Å². The van der Waals surface area contributed by atoms with E-state index in [-0.39, 0.29) is 5.92 Å². The molecule has 0 radical (unpaired) electrons. The highest BCUT2D eigenvalue weighted by atomic mass is 31.2. The normalized spacial score (nSPS) is 24.8. The predicted molar refractivity (Wildman–Crippen MR) is 83.4 cm³/mol. The molecule has 3 rings (SSSR count). The first-order valence-electron chi connectivity index (χ1n) is 6.69. The van der Waals surface area contributed by atoms with Crippen molar-refractivity contribution in [3.63, 3.8) is 0 Å². The van der Waals surface area contributed by atoms with Gasteiger partial charge < -0.3 is 9.30 Å². The molecule has 0 bridgehead atoms. The van der Waals surface area contributed by atoms with Gasteiger partial charge in [0.2, 0.25) is 0 Å². The molecule has 0 aromatic heterocycles. The summed E-state index contributed by atoms with van der Waals surface area (Å²) in [4.78, 5) is 0. The van der Waals surface area contributed by atoms with E-state index in [1.165, 1.54) is 5.56 Å². The van der Waals surface area contributed by atoms with E-state index in [0.29, 0.717) is 6.16 Å². The lowest BCUT2D eigenvalue weighted by Gasteiger charge is -2.14. The minimum Gasteiger partial charge on any atom is -0.497 e. The number of benzene rings is 2. The Labute approximate surface area is 119 Å². The molecule has 3 heteroatoms. The first kappa shape index (κ1) is 13.2. The number of ether oxygens (including phenoxy) is 1. The number of allylic oxidation sites excluding steroid dienone is 1. The molecule has 0 aliphatic carbocycles. The van der Waals surface area contributed by atoms with Crippen molar-refractivity contribution in [2.45, 2.75) is 5.92 Å². The molecule has 1 heterocycles. The van der Waals surface area contributed by atoms with Gasteiger partial charge in [-0.05, 0) is 23.5 Å². The minimum absolute atomic E-state index is 0.229. The second-order valence-electron chi connectivity index (χ2n) is 5.03. The van der Waals surface area contributed by atoms with Crippen LogP contribution in [0.5, 0.6) is 5.75 Å². The molecule has 0 amide bonds. The van der Waals surface area contributed by atoms with E-state index in [1.54, 1.807) is 7.11 Å². The second kappa shape index (κ2) is 5.30. The van der Waals surface area contributed by atoms with Gasteiger partial charge in [0.1, 0.15) is 12.9 Å². The van der Waals surface area contributed by atoms with Gasteiger partial charge in [-0.15, -0.1) is 0 Å². The van der Waals surface area contributed by atoms with Gasteiger partial charge in [0.15, 0.2) is 0 Å². The third kappa shape index (κ3) is 2.44. The van der Waals surface area contributed by atoms with Crippen LogP contribution in [0.25, 0.3) is 0 Å². The van der Waals surface area contributed by atoms with E-state index >= 15 is 0 Å². The Kier molecular flexibility index (Phi) is 3.50. The minimum atomic E-state index is -2.37. The topological polar surface area (TPSA) is 26.3 Å². The molecule has 2 nitrogen and oxygen atoms in total. The summed E-state index contributed by atoms with van der Waals surface area (Å²) in [5.74, 6) is 2.99. The van der Waals surface area contributed by atoms with Gasteiger partial charge in [0.25, 0.3) is 0 Å². The molecule has 102 valence electrons. The largest absolute Gasteiger partial charge is 0.497 e. The third-order valence-corrected chi connectivity index (χ3v) is 6.53. The zero-order valence-electron chi connectivity index (χ0n) is 11.4. The zero-order valence-corrected chi connectivity index (χ0v) is 12.3. The lowest BCUT2D eigenvalue weighted by atomic mass is 10.0. The Morgan fingerprint density at radius 1 is 1.05 bits per heavy atom. The molecule has 2 unspecified atom stereocenters. The molecule has 0 saturated carbocycles. The van der Waals surface area contributed by atoms with Crippen molar-refractivity contribution in [1.82, 2.24) is 0 Å².